The van der Waals surface area contributed by atoms with Gasteiger partial charge in [0.05, 0.1) is 6.04 Å². The Balaban J connectivity index is 0.00000288. The highest BCUT2D eigenvalue weighted by Gasteiger charge is 2.17. The fourth-order valence-corrected chi connectivity index (χ4v) is 2.16. The molecule has 2 aromatic rings. The standard InChI is InChI=1S/C19H24N2O2.ClH/c1-13(2)18(20)19(22)21-16-8-5-9-17(11-16)23-12-15-7-4-6-14(3)10-15;/h4-11,13,18H,12,20H2,1-3H3,(H,21,22);1H/t18-;/m0./s1. The molecule has 0 saturated heterocycles. The van der Waals surface area contributed by atoms with Gasteiger partial charge in [-0.15, -0.1) is 12.4 Å². The highest BCUT2D eigenvalue weighted by molar-refractivity contribution is 5.94. The molecule has 2 rings (SSSR count). The predicted molar refractivity (Wildman–Crippen MR) is 101 cm³/mol. The summed E-state index contributed by atoms with van der Waals surface area (Å²) in [5, 5.41) is 2.83. The van der Waals surface area contributed by atoms with Gasteiger partial charge in [0.2, 0.25) is 5.91 Å². The summed E-state index contributed by atoms with van der Waals surface area (Å²) in [5.41, 5.74) is 8.86. The van der Waals surface area contributed by atoms with Crippen molar-refractivity contribution in [2.45, 2.75) is 33.4 Å². The SMILES string of the molecule is Cc1cccc(COc2cccc(NC(=O)[C@@H](N)C(C)C)c2)c1.Cl. The second kappa shape index (κ2) is 9.30. The Kier molecular flexibility index (Phi) is 7.75. The Morgan fingerprint density at radius 1 is 1.17 bits per heavy atom. The van der Waals surface area contributed by atoms with Gasteiger partial charge in [-0.25, -0.2) is 0 Å². The van der Waals surface area contributed by atoms with Crippen LogP contribution in [0.15, 0.2) is 48.5 Å². The Bertz CT molecular complexity index is 674. The Labute approximate surface area is 149 Å². The molecular weight excluding hydrogens is 324 g/mol. The third-order valence-corrected chi connectivity index (χ3v) is 3.61. The molecule has 2 aromatic carbocycles. The molecule has 0 fully saturated rings. The lowest BCUT2D eigenvalue weighted by Gasteiger charge is -2.16. The van der Waals surface area contributed by atoms with E-state index in [1.54, 1.807) is 6.07 Å². The van der Waals surface area contributed by atoms with Crippen molar-refractivity contribution in [3.63, 3.8) is 0 Å². The lowest BCUT2D eigenvalue weighted by atomic mass is 10.0. The van der Waals surface area contributed by atoms with E-state index in [1.165, 1.54) is 5.56 Å². The van der Waals surface area contributed by atoms with Crippen molar-refractivity contribution in [3.05, 3.63) is 59.7 Å². The molecule has 3 N–H and O–H groups in total. The van der Waals surface area contributed by atoms with E-state index in [0.29, 0.717) is 18.0 Å². The molecular formula is C19H25ClN2O2. The van der Waals surface area contributed by atoms with E-state index in [1.807, 2.05) is 44.2 Å². The van der Waals surface area contributed by atoms with Crippen molar-refractivity contribution in [1.29, 1.82) is 0 Å². The van der Waals surface area contributed by atoms with Crippen LogP contribution in [0.2, 0.25) is 0 Å². The lowest BCUT2D eigenvalue weighted by Crippen LogP contribution is -2.39. The van der Waals surface area contributed by atoms with Crippen LogP contribution in [0.3, 0.4) is 0 Å². The van der Waals surface area contributed by atoms with Crippen molar-refractivity contribution in [1.82, 2.24) is 0 Å². The van der Waals surface area contributed by atoms with Crippen LogP contribution in [0.4, 0.5) is 5.69 Å². The van der Waals surface area contributed by atoms with Crippen LogP contribution in [0, 0.1) is 12.8 Å². The van der Waals surface area contributed by atoms with Gasteiger partial charge in [-0.2, -0.15) is 0 Å². The maximum atomic E-state index is 12.0. The van der Waals surface area contributed by atoms with E-state index >= 15 is 0 Å². The molecule has 24 heavy (non-hydrogen) atoms. The Morgan fingerprint density at radius 3 is 2.54 bits per heavy atom. The lowest BCUT2D eigenvalue weighted by molar-refractivity contribution is -0.118. The molecule has 0 aliphatic rings. The summed E-state index contributed by atoms with van der Waals surface area (Å²) in [4.78, 5) is 12.0. The number of hydrogen-bond donors (Lipinski definition) is 2. The molecule has 5 heteroatoms. The first kappa shape index (κ1) is 20.0. The number of hydrogen-bond acceptors (Lipinski definition) is 3. The number of halogens is 1. The number of carbonyl (C=O) groups is 1. The zero-order valence-corrected chi connectivity index (χ0v) is 15.1. The van der Waals surface area contributed by atoms with Crippen molar-refractivity contribution < 1.29 is 9.53 Å². The van der Waals surface area contributed by atoms with Crippen LogP contribution in [-0.2, 0) is 11.4 Å². The zero-order valence-electron chi connectivity index (χ0n) is 14.3. The fraction of sp³-hybridized carbons (Fsp3) is 0.316. The molecule has 0 aliphatic carbocycles. The summed E-state index contributed by atoms with van der Waals surface area (Å²) in [6.07, 6.45) is 0. The molecule has 1 atom stereocenters. The molecule has 4 nitrogen and oxygen atoms in total. The number of nitrogens with one attached hydrogen (secondary N) is 1. The summed E-state index contributed by atoms with van der Waals surface area (Å²) in [6.45, 7) is 6.39. The van der Waals surface area contributed by atoms with E-state index in [9.17, 15) is 4.79 Å². The molecule has 0 unspecified atom stereocenters. The average Bonchev–Trinajstić information content (AvgIpc) is 2.52. The van der Waals surface area contributed by atoms with Gasteiger partial charge in [-0.1, -0.05) is 49.7 Å². The fourth-order valence-electron chi connectivity index (χ4n) is 2.16. The van der Waals surface area contributed by atoms with Gasteiger partial charge >= 0.3 is 0 Å². The van der Waals surface area contributed by atoms with Gasteiger partial charge in [-0.05, 0) is 30.5 Å². The second-order valence-corrected chi connectivity index (χ2v) is 6.06. The quantitative estimate of drug-likeness (QED) is 0.831. The van der Waals surface area contributed by atoms with E-state index < -0.39 is 6.04 Å². The normalized spacial score (nSPS) is 11.5. The first-order chi connectivity index (χ1) is 11.0. The molecule has 0 bridgehead atoms. The van der Waals surface area contributed by atoms with Crippen LogP contribution >= 0.6 is 12.4 Å². The number of amides is 1. The smallest absolute Gasteiger partial charge is 0.241 e. The number of aryl methyl sites for hydroxylation is 1. The van der Waals surface area contributed by atoms with E-state index in [2.05, 4.69) is 24.4 Å². The van der Waals surface area contributed by atoms with Crippen LogP contribution in [0.1, 0.15) is 25.0 Å². The molecule has 0 saturated carbocycles. The van der Waals surface area contributed by atoms with E-state index in [4.69, 9.17) is 10.5 Å². The molecule has 0 radical (unpaired) electrons. The summed E-state index contributed by atoms with van der Waals surface area (Å²) in [6, 6.07) is 15.0. The summed E-state index contributed by atoms with van der Waals surface area (Å²) in [7, 11) is 0. The minimum atomic E-state index is -0.521. The van der Waals surface area contributed by atoms with Crippen LogP contribution in [0.25, 0.3) is 0 Å². The summed E-state index contributed by atoms with van der Waals surface area (Å²) >= 11 is 0. The summed E-state index contributed by atoms with van der Waals surface area (Å²) in [5.74, 6) is 0.619. The van der Waals surface area contributed by atoms with E-state index in [0.717, 1.165) is 5.56 Å². The number of carbonyl (C=O) groups excluding carboxylic acids is 1. The third-order valence-electron chi connectivity index (χ3n) is 3.61. The zero-order chi connectivity index (χ0) is 16.8. The largest absolute Gasteiger partial charge is 0.489 e. The minimum absolute atomic E-state index is 0. The number of anilines is 1. The number of rotatable bonds is 6. The van der Waals surface area contributed by atoms with Gasteiger partial charge < -0.3 is 15.8 Å². The van der Waals surface area contributed by atoms with Gasteiger partial charge in [0, 0.05) is 11.8 Å². The van der Waals surface area contributed by atoms with Gasteiger partial charge in [0.25, 0.3) is 0 Å². The molecule has 1 amide bonds. The predicted octanol–water partition coefficient (Wildman–Crippen LogP) is 3.92. The Morgan fingerprint density at radius 2 is 1.88 bits per heavy atom. The molecule has 0 aliphatic heterocycles. The van der Waals surface area contributed by atoms with Crippen molar-refractivity contribution in [2.24, 2.45) is 11.7 Å². The van der Waals surface area contributed by atoms with Crippen LogP contribution in [-0.4, -0.2) is 11.9 Å². The topological polar surface area (TPSA) is 64.3 Å². The van der Waals surface area contributed by atoms with Gasteiger partial charge in [0.1, 0.15) is 12.4 Å². The van der Waals surface area contributed by atoms with Crippen molar-refractivity contribution >= 4 is 24.0 Å². The Hall–Kier alpha value is -2.04. The highest BCUT2D eigenvalue weighted by Crippen LogP contribution is 2.19. The number of ether oxygens (including phenoxy) is 1. The maximum Gasteiger partial charge on any atom is 0.241 e. The van der Waals surface area contributed by atoms with Crippen molar-refractivity contribution in [3.8, 4) is 5.75 Å². The second-order valence-electron chi connectivity index (χ2n) is 6.06. The minimum Gasteiger partial charge on any atom is -0.489 e. The molecule has 0 spiro atoms. The third kappa shape index (κ3) is 5.87. The molecule has 0 heterocycles. The monoisotopic (exact) mass is 348 g/mol. The van der Waals surface area contributed by atoms with Crippen LogP contribution < -0.4 is 15.8 Å². The van der Waals surface area contributed by atoms with Crippen LogP contribution in [0.5, 0.6) is 5.75 Å². The average molecular weight is 349 g/mol. The van der Waals surface area contributed by atoms with Crippen molar-refractivity contribution in [2.75, 3.05) is 5.32 Å². The van der Waals surface area contributed by atoms with Gasteiger partial charge in [0.15, 0.2) is 0 Å². The number of benzene rings is 2. The molecule has 130 valence electrons. The van der Waals surface area contributed by atoms with Gasteiger partial charge in [-0.3, -0.25) is 4.79 Å². The number of nitrogens with two attached hydrogens (primary N) is 1. The molecule has 0 aromatic heterocycles. The highest BCUT2D eigenvalue weighted by atomic mass is 35.5. The maximum absolute atomic E-state index is 12.0. The first-order valence-electron chi connectivity index (χ1n) is 7.80. The summed E-state index contributed by atoms with van der Waals surface area (Å²) < 4.78 is 5.79. The van der Waals surface area contributed by atoms with E-state index in [-0.39, 0.29) is 24.2 Å². The first-order valence-corrected chi connectivity index (χ1v) is 7.80.